The maximum Gasteiger partial charge on any atom is 0.270 e. The van der Waals surface area contributed by atoms with E-state index in [1.807, 2.05) is 19.2 Å². The molecular formula is C25H25Cl2F2N3O2. The van der Waals surface area contributed by atoms with Gasteiger partial charge in [-0.3, -0.25) is 4.79 Å². The van der Waals surface area contributed by atoms with Gasteiger partial charge in [-0.05, 0) is 61.3 Å². The molecule has 0 spiro atoms. The minimum Gasteiger partial charge on any atom is -0.379 e. The van der Waals surface area contributed by atoms with Crippen LogP contribution in [0.5, 0.6) is 0 Å². The highest BCUT2D eigenvalue weighted by Gasteiger charge is 2.39. The number of carbonyl (C=O) groups excluding carboxylic acids is 1. The first-order chi connectivity index (χ1) is 16.1. The van der Waals surface area contributed by atoms with Gasteiger partial charge in [-0.2, -0.15) is 5.10 Å². The van der Waals surface area contributed by atoms with Crippen LogP contribution >= 0.6 is 23.2 Å². The molecule has 9 heteroatoms. The molecule has 1 saturated carbocycles. The van der Waals surface area contributed by atoms with Crippen LogP contribution in [-0.4, -0.2) is 38.5 Å². The second-order valence-electron chi connectivity index (χ2n) is 9.45. The molecular weight excluding hydrogens is 483 g/mol. The Bertz CT molecular complexity index is 1290. The molecule has 1 N–H and O–H groups in total. The fraction of sp³-hybridized carbons (Fsp3) is 0.440. The van der Waals surface area contributed by atoms with Gasteiger partial charge in [-0.25, -0.2) is 13.3 Å². The summed E-state index contributed by atoms with van der Waals surface area (Å²) < 4.78 is 28.8. The molecule has 0 saturated heterocycles. The zero-order valence-electron chi connectivity index (χ0n) is 18.9. The van der Waals surface area contributed by atoms with Crippen LogP contribution < -0.4 is 0 Å². The van der Waals surface area contributed by atoms with Crippen molar-refractivity contribution in [2.45, 2.75) is 63.5 Å². The Morgan fingerprint density at radius 3 is 2.71 bits per heavy atom. The molecule has 5 nitrogen and oxygen atoms in total. The van der Waals surface area contributed by atoms with E-state index in [9.17, 15) is 18.7 Å². The van der Waals surface area contributed by atoms with Crippen molar-refractivity contribution in [1.29, 1.82) is 0 Å². The number of alkyl halides is 2. The van der Waals surface area contributed by atoms with Crippen LogP contribution in [0.25, 0.3) is 5.52 Å². The zero-order valence-corrected chi connectivity index (χ0v) is 20.4. The highest BCUT2D eigenvalue weighted by Crippen LogP contribution is 2.45. The Labute approximate surface area is 206 Å². The molecule has 3 aromatic rings. The highest BCUT2D eigenvalue weighted by atomic mass is 35.5. The number of aliphatic hydroxyl groups is 1. The number of rotatable bonds is 5. The van der Waals surface area contributed by atoms with E-state index in [1.54, 1.807) is 21.7 Å². The fourth-order valence-corrected chi connectivity index (χ4v) is 5.69. The Balaban J connectivity index is 1.48. The van der Waals surface area contributed by atoms with E-state index < -0.39 is 12.0 Å². The van der Waals surface area contributed by atoms with Crippen molar-refractivity contribution in [3.05, 3.63) is 68.5 Å². The van der Waals surface area contributed by atoms with E-state index in [1.165, 1.54) is 6.07 Å². The predicted molar refractivity (Wildman–Crippen MR) is 127 cm³/mol. The van der Waals surface area contributed by atoms with Crippen LogP contribution in [0.15, 0.2) is 30.6 Å². The third kappa shape index (κ3) is 3.78. The highest BCUT2D eigenvalue weighted by molar-refractivity contribution is 6.36. The molecule has 1 amide bonds. The average molecular weight is 508 g/mol. The molecule has 2 aromatic heterocycles. The van der Waals surface area contributed by atoms with Gasteiger partial charge in [0.15, 0.2) is 0 Å². The number of pyridine rings is 1. The lowest BCUT2D eigenvalue weighted by molar-refractivity contribution is -0.133. The molecule has 1 unspecified atom stereocenters. The van der Waals surface area contributed by atoms with E-state index in [4.69, 9.17) is 23.2 Å². The van der Waals surface area contributed by atoms with E-state index in [0.29, 0.717) is 45.6 Å². The van der Waals surface area contributed by atoms with Crippen molar-refractivity contribution >= 4 is 34.6 Å². The molecule has 1 aliphatic heterocycles. The summed E-state index contributed by atoms with van der Waals surface area (Å²) in [6.45, 7) is 3.36. The smallest absolute Gasteiger partial charge is 0.270 e. The fourth-order valence-electron chi connectivity index (χ4n) is 5.08. The summed E-state index contributed by atoms with van der Waals surface area (Å²) in [4.78, 5) is 15.3. The first-order valence-electron chi connectivity index (χ1n) is 11.4. The van der Waals surface area contributed by atoms with Crippen molar-refractivity contribution in [2.24, 2.45) is 0 Å². The van der Waals surface area contributed by atoms with Crippen LogP contribution in [0.2, 0.25) is 10.0 Å². The lowest BCUT2D eigenvalue weighted by atomic mass is 9.83. The summed E-state index contributed by atoms with van der Waals surface area (Å²) in [5.74, 6) is 0.244. The standard InChI is InChI=1S/C25H25Cl2F2N3O2/c1-13-15-4-3-5-19(25(2,34)24(28)29)16(15)8-9-31(13)21(33)10-17-22(27)18(14-6-7-14)12-32-23(17)20(26)11-30-32/h3-5,11-14,24,34H,6-10H2,1-2H3/t13-,25?/m0/s1. The van der Waals surface area contributed by atoms with E-state index in [-0.39, 0.29) is 23.9 Å². The molecule has 1 fully saturated rings. The summed E-state index contributed by atoms with van der Waals surface area (Å²) in [5.41, 5.74) is 1.68. The van der Waals surface area contributed by atoms with Crippen LogP contribution in [0, 0.1) is 0 Å². The van der Waals surface area contributed by atoms with Gasteiger partial charge < -0.3 is 10.0 Å². The van der Waals surface area contributed by atoms with Gasteiger partial charge in [0.2, 0.25) is 5.91 Å². The van der Waals surface area contributed by atoms with Crippen molar-refractivity contribution in [1.82, 2.24) is 14.5 Å². The monoisotopic (exact) mass is 507 g/mol. The number of halogens is 4. The first-order valence-corrected chi connectivity index (χ1v) is 12.1. The molecule has 3 heterocycles. The quantitative estimate of drug-likeness (QED) is 0.483. The van der Waals surface area contributed by atoms with Gasteiger partial charge >= 0.3 is 0 Å². The Hall–Kier alpha value is -2.22. The molecule has 5 rings (SSSR count). The number of carbonyl (C=O) groups is 1. The zero-order chi connectivity index (χ0) is 24.4. The van der Waals surface area contributed by atoms with Crippen LogP contribution in [0.3, 0.4) is 0 Å². The maximum atomic E-state index is 13.5. The molecule has 1 aromatic carbocycles. The third-order valence-electron chi connectivity index (χ3n) is 7.18. The van der Waals surface area contributed by atoms with Crippen molar-refractivity contribution in [3.8, 4) is 0 Å². The number of nitrogens with zero attached hydrogens (tertiary/aromatic N) is 3. The van der Waals surface area contributed by atoms with E-state index in [2.05, 4.69) is 5.10 Å². The molecule has 2 atom stereocenters. The Morgan fingerprint density at radius 1 is 1.29 bits per heavy atom. The van der Waals surface area contributed by atoms with Crippen molar-refractivity contribution < 1.29 is 18.7 Å². The second-order valence-corrected chi connectivity index (χ2v) is 10.2. The summed E-state index contributed by atoms with van der Waals surface area (Å²) in [7, 11) is 0. The summed E-state index contributed by atoms with van der Waals surface area (Å²) in [6, 6.07) is 4.68. The summed E-state index contributed by atoms with van der Waals surface area (Å²) in [5, 5.41) is 15.7. The van der Waals surface area contributed by atoms with Crippen LogP contribution in [-0.2, 0) is 23.2 Å². The minimum absolute atomic E-state index is 0.0580. The number of hydrogen-bond donors (Lipinski definition) is 1. The SMILES string of the molecule is C[C@H]1c2cccc(C(C)(O)C(F)F)c2CCN1C(=O)Cc1c(Cl)c(C2CC2)cn2ncc(Cl)c12. The number of amides is 1. The Morgan fingerprint density at radius 2 is 2.03 bits per heavy atom. The van der Waals surface area contributed by atoms with Crippen molar-refractivity contribution in [3.63, 3.8) is 0 Å². The van der Waals surface area contributed by atoms with E-state index in [0.717, 1.165) is 30.9 Å². The largest absolute Gasteiger partial charge is 0.379 e. The molecule has 180 valence electrons. The predicted octanol–water partition coefficient (Wildman–Crippen LogP) is 5.68. The maximum absolute atomic E-state index is 13.5. The average Bonchev–Trinajstić information content (AvgIpc) is 3.57. The number of hydrogen-bond acceptors (Lipinski definition) is 3. The van der Waals surface area contributed by atoms with Gasteiger partial charge in [-0.15, -0.1) is 0 Å². The molecule has 1 aliphatic carbocycles. The van der Waals surface area contributed by atoms with Crippen molar-refractivity contribution in [2.75, 3.05) is 6.54 Å². The van der Waals surface area contributed by atoms with Gasteiger partial charge in [0, 0.05) is 18.3 Å². The van der Waals surface area contributed by atoms with Gasteiger partial charge in [-0.1, -0.05) is 41.4 Å². The summed E-state index contributed by atoms with van der Waals surface area (Å²) in [6.07, 6.45) is 3.07. The third-order valence-corrected chi connectivity index (χ3v) is 7.91. The topological polar surface area (TPSA) is 57.8 Å². The van der Waals surface area contributed by atoms with Gasteiger partial charge in [0.25, 0.3) is 6.43 Å². The van der Waals surface area contributed by atoms with Gasteiger partial charge in [0.05, 0.1) is 34.2 Å². The second kappa shape index (κ2) is 8.47. The first kappa shape index (κ1) is 23.5. The van der Waals surface area contributed by atoms with Crippen LogP contribution in [0.4, 0.5) is 8.78 Å². The van der Waals surface area contributed by atoms with Crippen LogP contribution in [0.1, 0.15) is 66.5 Å². The minimum atomic E-state index is -2.92. The Kier molecular flexibility index (Phi) is 5.86. The number of benzene rings is 1. The molecule has 0 bridgehead atoms. The number of aromatic nitrogens is 2. The molecule has 2 aliphatic rings. The molecule has 0 radical (unpaired) electrons. The summed E-state index contributed by atoms with van der Waals surface area (Å²) >= 11 is 13.2. The lowest BCUT2D eigenvalue weighted by Gasteiger charge is -2.38. The lowest BCUT2D eigenvalue weighted by Crippen LogP contribution is -2.41. The number of fused-ring (bicyclic) bond motifs is 2. The van der Waals surface area contributed by atoms with Gasteiger partial charge in [0.1, 0.15) is 5.60 Å². The normalized spacial score (nSPS) is 20.0. The molecule has 34 heavy (non-hydrogen) atoms. The van der Waals surface area contributed by atoms with E-state index >= 15 is 0 Å².